The van der Waals surface area contributed by atoms with E-state index in [4.69, 9.17) is 5.73 Å². The van der Waals surface area contributed by atoms with Gasteiger partial charge in [0.05, 0.1) is 4.90 Å². The molecule has 0 aromatic heterocycles. The molecule has 1 fully saturated rings. The zero-order valence-corrected chi connectivity index (χ0v) is 12.2. The highest BCUT2D eigenvalue weighted by atomic mass is 32.2. The second-order valence-electron chi connectivity index (χ2n) is 4.64. The molecule has 0 bridgehead atoms. The Hall–Kier alpha value is -0.720. The molecule has 6 heteroatoms. The summed E-state index contributed by atoms with van der Waals surface area (Å²) < 4.78 is 27.2. The Morgan fingerprint density at radius 1 is 1.39 bits per heavy atom. The molecule has 4 nitrogen and oxygen atoms in total. The average Bonchev–Trinajstić information content (AvgIpc) is 2.77. The Morgan fingerprint density at radius 3 is 2.67 bits per heavy atom. The number of nitrogens with two attached hydrogens (primary N) is 1. The number of anilines is 1. The van der Waals surface area contributed by atoms with Crippen LogP contribution in [0.25, 0.3) is 0 Å². The van der Waals surface area contributed by atoms with Crippen LogP contribution in [0.15, 0.2) is 17.0 Å². The molecule has 1 aromatic carbocycles. The normalized spacial score (nSPS) is 20.2. The number of hydrogen-bond donors (Lipinski definition) is 2. The van der Waals surface area contributed by atoms with Crippen LogP contribution >= 0.6 is 11.8 Å². The van der Waals surface area contributed by atoms with Crippen LogP contribution in [0, 0.1) is 13.8 Å². The van der Waals surface area contributed by atoms with Crippen molar-refractivity contribution < 1.29 is 8.42 Å². The van der Waals surface area contributed by atoms with E-state index in [2.05, 4.69) is 4.72 Å². The van der Waals surface area contributed by atoms with E-state index in [-0.39, 0.29) is 10.9 Å². The molecule has 0 radical (unpaired) electrons. The molecule has 1 heterocycles. The van der Waals surface area contributed by atoms with Crippen LogP contribution in [0.2, 0.25) is 0 Å². The summed E-state index contributed by atoms with van der Waals surface area (Å²) in [5, 5.41) is 0. The van der Waals surface area contributed by atoms with Crippen LogP contribution in [0.1, 0.15) is 17.5 Å². The van der Waals surface area contributed by atoms with Gasteiger partial charge in [-0.05, 0) is 49.3 Å². The largest absolute Gasteiger partial charge is 0.398 e. The number of thioether (sulfide) groups is 1. The second kappa shape index (κ2) is 5.11. The van der Waals surface area contributed by atoms with Gasteiger partial charge in [0.1, 0.15) is 0 Å². The zero-order valence-electron chi connectivity index (χ0n) is 10.6. The Balaban J connectivity index is 2.29. The van der Waals surface area contributed by atoms with Gasteiger partial charge in [0, 0.05) is 17.5 Å². The monoisotopic (exact) mass is 286 g/mol. The van der Waals surface area contributed by atoms with Crippen LogP contribution in [0.5, 0.6) is 0 Å². The van der Waals surface area contributed by atoms with Gasteiger partial charge in [0.25, 0.3) is 0 Å². The van der Waals surface area contributed by atoms with Crippen molar-refractivity contribution in [3.05, 3.63) is 23.3 Å². The van der Waals surface area contributed by atoms with E-state index >= 15 is 0 Å². The van der Waals surface area contributed by atoms with Crippen molar-refractivity contribution >= 4 is 27.5 Å². The minimum atomic E-state index is -3.45. The Labute approximate surface area is 112 Å². The first-order valence-electron chi connectivity index (χ1n) is 5.87. The molecule has 2 rings (SSSR count). The molecule has 0 spiro atoms. The van der Waals surface area contributed by atoms with Crippen molar-refractivity contribution in [2.75, 3.05) is 17.2 Å². The van der Waals surface area contributed by atoms with Crippen molar-refractivity contribution in [2.45, 2.75) is 31.2 Å². The molecule has 1 aliphatic rings. The van der Waals surface area contributed by atoms with E-state index in [9.17, 15) is 8.42 Å². The SMILES string of the molecule is Cc1cc(S(=O)(=O)NC2CCSC2)cc(N)c1C. The number of nitrogens with one attached hydrogen (secondary N) is 1. The molecule has 1 aliphatic heterocycles. The highest BCUT2D eigenvalue weighted by molar-refractivity contribution is 7.99. The van der Waals surface area contributed by atoms with E-state index in [0.717, 1.165) is 29.1 Å². The average molecular weight is 286 g/mol. The highest BCUT2D eigenvalue weighted by Gasteiger charge is 2.23. The molecular formula is C12H18N2O2S2. The maximum Gasteiger partial charge on any atom is 0.240 e. The van der Waals surface area contributed by atoms with E-state index in [0.29, 0.717) is 5.69 Å². The smallest absolute Gasteiger partial charge is 0.240 e. The molecule has 1 aromatic rings. The van der Waals surface area contributed by atoms with Crippen LogP contribution in [-0.2, 0) is 10.0 Å². The van der Waals surface area contributed by atoms with E-state index in [1.54, 1.807) is 17.8 Å². The summed E-state index contributed by atoms with van der Waals surface area (Å²) in [5.41, 5.74) is 8.19. The first kappa shape index (κ1) is 13.7. The van der Waals surface area contributed by atoms with Crippen molar-refractivity contribution in [1.29, 1.82) is 0 Å². The zero-order chi connectivity index (χ0) is 13.3. The summed E-state index contributed by atoms with van der Waals surface area (Å²) in [6, 6.07) is 3.26. The predicted octanol–water partition coefficient (Wildman–Crippen LogP) is 1.67. The van der Waals surface area contributed by atoms with Crippen molar-refractivity contribution in [3.8, 4) is 0 Å². The Morgan fingerprint density at radius 2 is 2.11 bits per heavy atom. The van der Waals surface area contributed by atoms with Gasteiger partial charge in [-0.25, -0.2) is 13.1 Å². The van der Waals surface area contributed by atoms with Gasteiger partial charge in [0.2, 0.25) is 10.0 Å². The predicted molar refractivity (Wildman–Crippen MR) is 76.4 cm³/mol. The van der Waals surface area contributed by atoms with Crippen LogP contribution < -0.4 is 10.5 Å². The fourth-order valence-electron chi connectivity index (χ4n) is 1.92. The minimum Gasteiger partial charge on any atom is -0.398 e. The van der Waals surface area contributed by atoms with Crippen molar-refractivity contribution in [3.63, 3.8) is 0 Å². The van der Waals surface area contributed by atoms with E-state index < -0.39 is 10.0 Å². The van der Waals surface area contributed by atoms with E-state index in [1.807, 2.05) is 13.8 Å². The Bertz CT molecular complexity index is 526. The molecule has 1 atom stereocenters. The number of hydrogen-bond acceptors (Lipinski definition) is 4. The van der Waals surface area contributed by atoms with Crippen molar-refractivity contribution in [1.82, 2.24) is 4.72 Å². The molecule has 100 valence electrons. The number of aryl methyl sites for hydroxylation is 1. The number of rotatable bonds is 3. The summed E-state index contributed by atoms with van der Waals surface area (Å²) in [6.45, 7) is 3.76. The number of nitrogen functional groups attached to an aromatic ring is 1. The molecule has 1 unspecified atom stereocenters. The van der Waals surface area contributed by atoms with E-state index in [1.165, 1.54) is 6.07 Å². The van der Waals surface area contributed by atoms with Gasteiger partial charge in [0.15, 0.2) is 0 Å². The molecular weight excluding hydrogens is 268 g/mol. The maximum absolute atomic E-state index is 12.2. The summed E-state index contributed by atoms with van der Waals surface area (Å²) in [5.74, 6) is 1.86. The summed E-state index contributed by atoms with van der Waals surface area (Å²) in [4.78, 5) is 0.264. The summed E-state index contributed by atoms with van der Waals surface area (Å²) >= 11 is 1.78. The summed E-state index contributed by atoms with van der Waals surface area (Å²) in [7, 11) is -3.45. The molecule has 3 N–H and O–H groups in total. The van der Waals surface area contributed by atoms with Gasteiger partial charge < -0.3 is 5.73 Å². The minimum absolute atomic E-state index is 0.0443. The lowest BCUT2D eigenvalue weighted by atomic mass is 10.1. The first-order chi connectivity index (χ1) is 8.40. The van der Waals surface area contributed by atoms with Gasteiger partial charge in [-0.3, -0.25) is 0 Å². The Kier molecular flexibility index (Phi) is 3.89. The van der Waals surface area contributed by atoms with Crippen LogP contribution in [0.4, 0.5) is 5.69 Å². The fraction of sp³-hybridized carbons (Fsp3) is 0.500. The van der Waals surface area contributed by atoms with Crippen LogP contribution in [-0.4, -0.2) is 26.0 Å². The molecule has 18 heavy (non-hydrogen) atoms. The third kappa shape index (κ3) is 2.81. The highest BCUT2D eigenvalue weighted by Crippen LogP contribution is 2.23. The summed E-state index contributed by atoms with van der Waals surface area (Å²) in [6.07, 6.45) is 0.893. The van der Waals surface area contributed by atoms with Gasteiger partial charge in [-0.1, -0.05) is 0 Å². The number of benzene rings is 1. The van der Waals surface area contributed by atoms with Gasteiger partial charge in [-0.2, -0.15) is 11.8 Å². The quantitative estimate of drug-likeness (QED) is 0.829. The third-order valence-electron chi connectivity index (χ3n) is 3.24. The molecule has 1 saturated heterocycles. The molecule has 0 aliphatic carbocycles. The molecule has 0 amide bonds. The lowest BCUT2D eigenvalue weighted by molar-refractivity contribution is 0.563. The lowest BCUT2D eigenvalue weighted by Gasteiger charge is -2.14. The third-order valence-corrected chi connectivity index (χ3v) is 5.91. The molecule has 0 saturated carbocycles. The standard InChI is InChI=1S/C12H18N2O2S2/c1-8-5-11(6-12(13)9(8)2)18(15,16)14-10-3-4-17-7-10/h5-6,10,14H,3-4,7,13H2,1-2H3. The number of sulfonamides is 1. The van der Waals surface area contributed by atoms with Gasteiger partial charge >= 0.3 is 0 Å². The second-order valence-corrected chi connectivity index (χ2v) is 7.50. The first-order valence-corrected chi connectivity index (χ1v) is 8.51. The van der Waals surface area contributed by atoms with Gasteiger partial charge in [-0.15, -0.1) is 0 Å². The van der Waals surface area contributed by atoms with Crippen molar-refractivity contribution in [2.24, 2.45) is 0 Å². The topological polar surface area (TPSA) is 72.2 Å². The van der Waals surface area contributed by atoms with Crippen LogP contribution in [0.3, 0.4) is 0 Å². The maximum atomic E-state index is 12.2. The fourth-order valence-corrected chi connectivity index (χ4v) is 4.57. The lowest BCUT2D eigenvalue weighted by Crippen LogP contribution is -2.34.